The maximum atomic E-state index is 13.6. The number of amides is 1. The first-order chi connectivity index (χ1) is 14.8. The van der Waals surface area contributed by atoms with Crippen molar-refractivity contribution in [2.75, 3.05) is 11.1 Å². The molecule has 3 N–H and O–H groups in total. The molecule has 2 heterocycles. The molecule has 8 nitrogen and oxygen atoms in total. The number of nitrogen functional groups attached to an aromatic ring is 1. The number of hydrogen-bond acceptors (Lipinski definition) is 8. The lowest BCUT2D eigenvalue weighted by Gasteiger charge is -2.17. The quantitative estimate of drug-likeness (QED) is 0.366. The van der Waals surface area contributed by atoms with Crippen LogP contribution >= 0.6 is 11.3 Å². The molecule has 3 rings (SSSR count). The molecule has 0 saturated heterocycles. The molecule has 0 saturated carbocycles. The fraction of sp³-hybridized carbons (Fsp3) is 0.350. The number of aryl methyl sites for hydroxylation is 2. The number of alkyl halides is 1. The third kappa shape index (κ3) is 7.93. The lowest BCUT2D eigenvalue weighted by atomic mass is 9.99. The van der Waals surface area contributed by atoms with Crippen molar-refractivity contribution in [1.82, 2.24) is 20.4 Å². The van der Waals surface area contributed by atoms with E-state index in [1.165, 1.54) is 26.1 Å². The predicted octanol–water partition coefficient (Wildman–Crippen LogP) is 2.31. The summed E-state index contributed by atoms with van der Waals surface area (Å²) in [5.41, 5.74) is 7.15. The Hall–Kier alpha value is -3.08. The minimum absolute atomic E-state index is 0.126. The minimum Gasteiger partial charge on any atom is -0.467 e. The summed E-state index contributed by atoms with van der Waals surface area (Å²) in [5, 5.41) is 20.1. The van der Waals surface area contributed by atoms with Crippen LogP contribution in [0, 0.1) is 0 Å². The molecule has 1 unspecified atom stereocenters. The molecule has 31 heavy (non-hydrogen) atoms. The summed E-state index contributed by atoms with van der Waals surface area (Å²) in [5.74, 6) is -1.22. The molecule has 0 aliphatic rings. The summed E-state index contributed by atoms with van der Waals surface area (Å²) in [6, 6.07) is 10.4. The van der Waals surface area contributed by atoms with Gasteiger partial charge < -0.3 is 15.8 Å². The summed E-state index contributed by atoms with van der Waals surface area (Å²) in [6.45, 7) is 1.32. The van der Waals surface area contributed by atoms with Gasteiger partial charge in [-0.25, -0.2) is 4.39 Å². The summed E-state index contributed by atoms with van der Waals surface area (Å²) >= 11 is 1.36. The van der Waals surface area contributed by atoms with Crippen LogP contribution in [0.15, 0.2) is 36.4 Å². The molecule has 0 fully saturated rings. The number of nitrogens with two attached hydrogens (primary N) is 1. The van der Waals surface area contributed by atoms with Crippen molar-refractivity contribution in [2.45, 2.75) is 44.8 Å². The van der Waals surface area contributed by atoms with E-state index in [0.29, 0.717) is 16.7 Å². The van der Waals surface area contributed by atoms with Crippen molar-refractivity contribution in [3.63, 3.8) is 0 Å². The minimum atomic E-state index is -1.79. The van der Waals surface area contributed by atoms with Crippen molar-refractivity contribution >= 4 is 36.0 Å². The van der Waals surface area contributed by atoms with Crippen molar-refractivity contribution < 1.29 is 13.9 Å². The van der Waals surface area contributed by atoms with Crippen LogP contribution in [0.25, 0.3) is 0 Å². The Morgan fingerprint density at radius 3 is 2.74 bits per heavy atom. The number of rotatable bonds is 10. The molecule has 3 aromatic rings. The Labute approximate surface area is 184 Å². The Kier molecular flexibility index (Phi) is 7.51. The first-order valence-corrected chi connectivity index (χ1v) is 10.8. The number of aromatic nitrogens is 4. The molecule has 0 radical (unpaired) electrons. The number of halogens is 1. The van der Waals surface area contributed by atoms with Crippen molar-refractivity contribution in [3.05, 3.63) is 52.7 Å². The predicted molar refractivity (Wildman–Crippen MR) is 120 cm³/mol. The van der Waals surface area contributed by atoms with E-state index in [2.05, 4.69) is 25.7 Å². The molecule has 11 heteroatoms. The summed E-state index contributed by atoms with van der Waals surface area (Å²) in [7, 11) is 1.32. The molecule has 2 aromatic heterocycles. The second kappa shape index (κ2) is 10.3. The second-order valence-electron chi connectivity index (χ2n) is 7.50. The topological polar surface area (TPSA) is 116 Å². The number of nitrogens with one attached hydrogen (secondary N) is 1. The maximum absolute atomic E-state index is 13.6. The van der Waals surface area contributed by atoms with Gasteiger partial charge in [0.05, 0.1) is 12.1 Å². The smallest absolute Gasteiger partial charge is 0.230 e. The van der Waals surface area contributed by atoms with E-state index in [-0.39, 0.29) is 12.3 Å². The zero-order chi connectivity index (χ0) is 22.3. The van der Waals surface area contributed by atoms with E-state index in [4.69, 9.17) is 10.5 Å². The van der Waals surface area contributed by atoms with Crippen LogP contribution in [-0.4, -0.2) is 39.9 Å². The fourth-order valence-corrected chi connectivity index (χ4v) is 3.64. The third-order valence-corrected chi connectivity index (χ3v) is 5.05. The number of ether oxygens (including phenoxy) is 1. The Morgan fingerprint density at radius 1 is 1.19 bits per heavy atom. The van der Waals surface area contributed by atoms with Gasteiger partial charge in [-0.2, -0.15) is 5.10 Å². The van der Waals surface area contributed by atoms with Gasteiger partial charge in [-0.05, 0) is 56.0 Å². The van der Waals surface area contributed by atoms with Crippen LogP contribution in [-0.2, 0) is 24.1 Å². The molecule has 0 aliphatic heterocycles. The number of carbonyl (C=O) groups excluding carboxylic acids is 1. The zero-order valence-corrected chi connectivity index (χ0v) is 18.3. The number of carbonyl (C=O) groups is 1. The van der Waals surface area contributed by atoms with Gasteiger partial charge in [0.1, 0.15) is 16.6 Å². The van der Waals surface area contributed by atoms with Crippen LogP contribution < -0.4 is 15.8 Å². The van der Waals surface area contributed by atoms with E-state index < -0.39 is 5.75 Å². The van der Waals surface area contributed by atoms with E-state index in [1.54, 1.807) is 30.3 Å². The number of unbranched alkanes of at least 4 members (excludes halogenated alkanes) is 1. The van der Waals surface area contributed by atoms with Crippen LogP contribution in [0.2, 0.25) is 0 Å². The standard InChI is InChI=1S/C20H24BFN6O2S/c1-20(21,22)30-15-7-4-5-13(11-15)12-17(29)24-19-28-27-18(31-19)8-3-2-6-14-9-10-16(23)26-25-14/h4-5,7,9-11H,2-3,6,8,12,21H2,1H3,(H2,23,26)(H,24,28,29). The van der Waals surface area contributed by atoms with Crippen LogP contribution in [0.5, 0.6) is 5.75 Å². The van der Waals surface area contributed by atoms with Crippen LogP contribution in [0.3, 0.4) is 0 Å². The average molecular weight is 442 g/mol. The molecule has 0 aliphatic carbocycles. The largest absolute Gasteiger partial charge is 0.467 e. The zero-order valence-electron chi connectivity index (χ0n) is 17.5. The Morgan fingerprint density at radius 2 is 2.00 bits per heavy atom. The van der Waals surface area contributed by atoms with Gasteiger partial charge in [-0.3, -0.25) is 4.79 Å². The van der Waals surface area contributed by atoms with Gasteiger partial charge in [0.15, 0.2) is 0 Å². The fourth-order valence-electron chi connectivity index (χ4n) is 2.84. The number of anilines is 2. The molecule has 162 valence electrons. The second-order valence-corrected chi connectivity index (χ2v) is 8.56. The summed E-state index contributed by atoms with van der Waals surface area (Å²) < 4.78 is 18.8. The number of benzene rings is 1. The number of nitrogens with zero attached hydrogens (tertiary/aromatic N) is 4. The summed E-state index contributed by atoms with van der Waals surface area (Å²) in [4.78, 5) is 12.3. The maximum Gasteiger partial charge on any atom is 0.230 e. The molecule has 0 spiro atoms. The van der Waals surface area contributed by atoms with Crippen LogP contribution in [0.1, 0.15) is 36.0 Å². The van der Waals surface area contributed by atoms with Gasteiger partial charge in [0.2, 0.25) is 24.6 Å². The average Bonchev–Trinajstić information content (AvgIpc) is 3.12. The molecule has 0 bridgehead atoms. The highest BCUT2D eigenvalue weighted by Gasteiger charge is 2.17. The third-order valence-electron chi connectivity index (χ3n) is 4.15. The van der Waals surface area contributed by atoms with Gasteiger partial charge in [0.25, 0.3) is 0 Å². The van der Waals surface area contributed by atoms with Crippen molar-refractivity contribution in [3.8, 4) is 5.75 Å². The Balaban J connectivity index is 1.43. The van der Waals surface area contributed by atoms with E-state index >= 15 is 0 Å². The van der Waals surface area contributed by atoms with Crippen molar-refractivity contribution in [1.29, 1.82) is 0 Å². The highest BCUT2D eigenvalue weighted by atomic mass is 32.1. The molecular weight excluding hydrogens is 418 g/mol. The molecular formula is C20H24BFN6O2S. The normalized spacial score (nSPS) is 12.8. The first kappa shape index (κ1) is 22.6. The van der Waals surface area contributed by atoms with Gasteiger partial charge in [0, 0.05) is 6.42 Å². The van der Waals surface area contributed by atoms with Gasteiger partial charge in [-0.15, -0.1) is 15.3 Å². The van der Waals surface area contributed by atoms with Gasteiger partial charge in [-0.1, -0.05) is 23.5 Å². The summed E-state index contributed by atoms with van der Waals surface area (Å²) in [6.07, 6.45) is 3.58. The molecule has 1 amide bonds. The highest BCUT2D eigenvalue weighted by molar-refractivity contribution is 7.15. The first-order valence-electron chi connectivity index (χ1n) is 9.94. The van der Waals surface area contributed by atoms with E-state index in [9.17, 15) is 9.18 Å². The van der Waals surface area contributed by atoms with Crippen LogP contribution in [0.4, 0.5) is 15.3 Å². The molecule has 1 aromatic carbocycles. The lowest BCUT2D eigenvalue weighted by molar-refractivity contribution is -0.115. The monoisotopic (exact) mass is 442 g/mol. The Bertz CT molecular complexity index is 1010. The molecule has 1 atom stereocenters. The highest BCUT2D eigenvalue weighted by Crippen LogP contribution is 2.21. The lowest BCUT2D eigenvalue weighted by Crippen LogP contribution is -2.26. The van der Waals surface area contributed by atoms with Crippen molar-refractivity contribution in [2.24, 2.45) is 0 Å². The number of hydrogen-bond donors (Lipinski definition) is 2. The SMILES string of the molecule is BC(C)(F)Oc1cccc(CC(=O)Nc2nnc(CCCCc3ccc(N)nn3)s2)c1. The van der Waals surface area contributed by atoms with Gasteiger partial charge >= 0.3 is 0 Å². The van der Waals surface area contributed by atoms with E-state index in [0.717, 1.165) is 41.9 Å². The van der Waals surface area contributed by atoms with E-state index in [1.807, 2.05) is 6.07 Å².